The zero-order valence-electron chi connectivity index (χ0n) is 23.2. The van der Waals surface area contributed by atoms with Crippen LogP contribution in [0.2, 0.25) is 0 Å². The number of carbonyl (C=O) groups excluding carboxylic acids is 2. The molecular formula is C33H33N3O5S. The Morgan fingerprint density at radius 2 is 1.60 bits per heavy atom. The Balaban J connectivity index is 1.17. The Morgan fingerprint density at radius 1 is 0.857 bits per heavy atom. The van der Waals surface area contributed by atoms with Crippen molar-refractivity contribution >= 4 is 38.3 Å². The predicted octanol–water partition coefficient (Wildman–Crippen LogP) is 4.39. The van der Waals surface area contributed by atoms with Gasteiger partial charge in [-0.15, -0.1) is 0 Å². The highest BCUT2D eigenvalue weighted by Gasteiger charge is 2.39. The van der Waals surface area contributed by atoms with E-state index < -0.39 is 22.0 Å². The molecule has 0 aliphatic carbocycles. The second kappa shape index (κ2) is 12.0. The van der Waals surface area contributed by atoms with Crippen LogP contribution in [0.15, 0.2) is 102 Å². The number of piperidine rings is 1. The summed E-state index contributed by atoms with van der Waals surface area (Å²) >= 11 is 0. The molecule has 1 fully saturated rings. The molecule has 9 heteroatoms. The Labute approximate surface area is 245 Å². The molecule has 8 nitrogen and oxygen atoms in total. The Hall–Kier alpha value is -4.21. The third kappa shape index (κ3) is 5.75. The molecule has 1 saturated heterocycles. The van der Waals surface area contributed by atoms with E-state index in [1.165, 1.54) is 4.31 Å². The van der Waals surface area contributed by atoms with Crippen LogP contribution in [-0.4, -0.2) is 56.8 Å². The average Bonchev–Trinajstić information content (AvgIpc) is 3.04. The molecule has 4 aromatic carbocycles. The van der Waals surface area contributed by atoms with Crippen LogP contribution in [0.3, 0.4) is 0 Å². The second-order valence-corrected chi connectivity index (χ2v) is 12.7. The van der Waals surface area contributed by atoms with E-state index in [1.807, 2.05) is 66.7 Å². The minimum Gasteiger partial charge on any atom is -0.477 e. The summed E-state index contributed by atoms with van der Waals surface area (Å²) in [7, 11) is -3.79. The van der Waals surface area contributed by atoms with Gasteiger partial charge in [0.05, 0.1) is 23.0 Å². The third-order valence-electron chi connectivity index (χ3n) is 7.98. The number of benzene rings is 4. The van der Waals surface area contributed by atoms with Crippen molar-refractivity contribution in [2.75, 3.05) is 31.1 Å². The van der Waals surface area contributed by atoms with Crippen LogP contribution >= 0.6 is 0 Å². The van der Waals surface area contributed by atoms with Crippen molar-refractivity contribution in [3.8, 4) is 5.75 Å². The maximum absolute atomic E-state index is 14.0. The lowest BCUT2D eigenvalue weighted by atomic mass is 9.97. The summed E-state index contributed by atoms with van der Waals surface area (Å²) in [5.41, 5.74) is 1.70. The normalized spacial score (nSPS) is 19.1. The number of para-hydroxylation sites is 2. The Kier molecular flexibility index (Phi) is 7.95. The molecule has 0 aromatic heterocycles. The number of rotatable bonds is 7. The molecule has 1 N–H and O–H groups in total. The molecule has 2 aliphatic heterocycles. The Bertz CT molecular complexity index is 1710. The maximum atomic E-state index is 14.0. The van der Waals surface area contributed by atoms with E-state index in [4.69, 9.17) is 4.74 Å². The first-order valence-electron chi connectivity index (χ1n) is 14.3. The molecule has 2 atom stereocenters. The van der Waals surface area contributed by atoms with E-state index in [2.05, 4.69) is 5.32 Å². The van der Waals surface area contributed by atoms with E-state index in [9.17, 15) is 18.0 Å². The molecule has 2 unspecified atom stereocenters. The predicted molar refractivity (Wildman–Crippen MR) is 162 cm³/mol. The molecule has 216 valence electrons. The summed E-state index contributed by atoms with van der Waals surface area (Å²) in [5.74, 6) is -0.577. The van der Waals surface area contributed by atoms with Gasteiger partial charge in [-0.1, -0.05) is 72.8 Å². The van der Waals surface area contributed by atoms with Gasteiger partial charge in [-0.3, -0.25) is 9.59 Å². The molecule has 42 heavy (non-hydrogen) atoms. The summed E-state index contributed by atoms with van der Waals surface area (Å²) in [5, 5.41) is 4.75. The number of nitrogens with zero attached hydrogens (tertiary/aromatic N) is 2. The first-order chi connectivity index (χ1) is 20.4. The van der Waals surface area contributed by atoms with E-state index in [0.29, 0.717) is 43.8 Å². The van der Waals surface area contributed by atoms with Gasteiger partial charge in [0.25, 0.3) is 5.91 Å². The van der Waals surface area contributed by atoms with Gasteiger partial charge in [-0.05, 0) is 59.9 Å². The molecule has 0 saturated carbocycles. The quantitative estimate of drug-likeness (QED) is 0.348. The number of amides is 2. The van der Waals surface area contributed by atoms with E-state index in [1.54, 1.807) is 35.2 Å². The summed E-state index contributed by atoms with van der Waals surface area (Å²) in [6.07, 6.45) is 0.942. The third-order valence-corrected chi connectivity index (χ3v) is 9.84. The number of nitrogens with one attached hydrogen (secondary N) is 1. The van der Waals surface area contributed by atoms with Gasteiger partial charge >= 0.3 is 0 Å². The fourth-order valence-corrected chi connectivity index (χ4v) is 7.29. The molecule has 0 bridgehead atoms. The SMILES string of the molecule is O=C(NCCc1ccccc1)C1CN(C(=O)C2CCCN(S(=O)(=O)c3ccc4ccccc4c3)C2)c2ccccc2O1. The van der Waals surface area contributed by atoms with Crippen LogP contribution < -0.4 is 15.0 Å². The summed E-state index contributed by atoms with van der Waals surface area (Å²) in [6.45, 7) is 0.940. The lowest BCUT2D eigenvalue weighted by Gasteiger charge is -2.38. The van der Waals surface area contributed by atoms with E-state index in [-0.39, 0.29) is 29.8 Å². The Morgan fingerprint density at radius 3 is 2.43 bits per heavy atom. The van der Waals surface area contributed by atoms with Gasteiger partial charge in [-0.2, -0.15) is 4.31 Å². The summed E-state index contributed by atoms with van der Waals surface area (Å²) in [4.78, 5) is 28.9. The van der Waals surface area contributed by atoms with Crippen LogP contribution in [0.1, 0.15) is 18.4 Å². The first-order valence-corrected chi connectivity index (χ1v) is 15.7. The van der Waals surface area contributed by atoms with Crippen molar-refractivity contribution < 1.29 is 22.7 Å². The number of ether oxygens (including phenoxy) is 1. The fourth-order valence-electron chi connectivity index (χ4n) is 5.73. The lowest BCUT2D eigenvalue weighted by Crippen LogP contribution is -2.54. The van der Waals surface area contributed by atoms with E-state index in [0.717, 1.165) is 16.3 Å². The maximum Gasteiger partial charge on any atom is 0.262 e. The zero-order valence-corrected chi connectivity index (χ0v) is 24.0. The number of hydrogen-bond acceptors (Lipinski definition) is 5. The molecule has 0 spiro atoms. The van der Waals surface area contributed by atoms with Crippen molar-refractivity contribution in [1.82, 2.24) is 9.62 Å². The number of hydrogen-bond donors (Lipinski definition) is 1. The van der Waals surface area contributed by atoms with Gasteiger partial charge in [0.15, 0.2) is 6.10 Å². The topological polar surface area (TPSA) is 96.0 Å². The number of fused-ring (bicyclic) bond motifs is 2. The van der Waals surface area contributed by atoms with Gasteiger partial charge in [0.1, 0.15) is 5.75 Å². The molecule has 2 aliphatic rings. The van der Waals surface area contributed by atoms with Gasteiger partial charge in [-0.25, -0.2) is 8.42 Å². The molecule has 6 rings (SSSR count). The van der Waals surface area contributed by atoms with Crippen LogP contribution in [0, 0.1) is 5.92 Å². The summed E-state index contributed by atoms with van der Waals surface area (Å²) < 4.78 is 34.7. The smallest absolute Gasteiger partial charge is 0.262 e. The number of anilines is 1. The van der Waals surface area contributed by atoms with Gasteiger partial charge < -0.3 is 15.0 Å². The van der Waals surface area contributed by atoms with Crippen molar-refractivity contribution in [2.45, 2.75) is 30.3 Å². The van der Waals surface area contributed by atoms with Crippen LogP contribution in [-0.2, 0) is 26.0 Å². The monoisotopic (exact) mass is 583 g/mol. The number of sulfonamides is 1. The minimum absolute atomic E-state index is 0.0565. The summed E-state index contributed by atoms with van der Waals surface area (Å²) in [6, 6.07) is 29.8. The van der Waals surface area contributed by atoms with Crippen LogP contribution in [0.5, 0.6) is 5.75 Å². The average molecular weight is 584 g/mol. The lowest BCUT2D eigenvalue weighted by molar-refractivity contribution is -0.129. The molecule has 2 heterocycles. The van der Waals surface area contributed by atoms with Crippen molar-refractivity contribution in [3.63, 3.8) is 0 Å². The van der Waals surface area contributed by atoms with Crippen LogP contribution in [0.25, 0.3) is 10.8 Å². The molecule has 2 amide bonds. The van der Waals surface area contributed by atoms with Crippen molar-refractivity contribution in [2.24, 2.45) is 5.92 Å². The highest BCUT2D eigenvalue weighted by Crippen LogP contribution is 2.36. The van der Waals surface area contributed by atoms with E-state index >= 15 is 0 Å². The van der Waals surface area contributed by atoms with Gasteiger partial charge in [0, 0.05) is 19.6 Å². The highest BCUT2D eigenvalue weighted by atomic mass is 32.2. The minimum atomic E-state index is -3.79. The van der Waals surface area contributed by atoms with Gasteiger partial charge in [0.2, 0.25) is 15.9 Å². The molecule has 0 radical (unpaired) electrons. The zero-order chi connectivity index (χ0) is 29.1. The fraction of sp³-hybridized carbons (Fsp3) is 0.273. The molecule has 4 aromatic rings. The van der Waals surface area contributed by atoms with Crippen molar-refractivity contribution in [3.05, 3.63) is 103 Å². The largest absolute Gasteiger partial charge is 0.477 e. The van der Waals surface area contributed by atoms with Crippen LogP contribution in [0.4, 0.5) is 5.69 Å². The second-order valence-electron chi connectivity index (χ2n) is 10.8. The highest BCUT2D eigenvalue weighted by molar-refractivity contribution is 7.89. The number of carbonyl (C=O) groups is 2. The standard InChI is InChI=1S/C33H33N3O5S/c37-32(34-19-18-24-9-2-1-3-10-24)31-23-36(29-14-6-7-15-30(29)41-31)33(38)27-13-8-20-35(22-27)42(39,40)28-17-16-25-11-4-5-12-26(25)21-28/h1-7,9-12,14-17,21,27,31H,8,13,18-20,22-23H2,(H,34,37). The first kappa shape index (κ1) is 27.9. The van der Waals surface area contributed by atoms with Crippen molar-refractivity contribution in [1.29, 1.82) is 0 Å². The molecular weight excluding hydrogens is 550 g/mol.